The van der Waals surface area contributed by atoms with Crippen molar-refractivity contribution in [3.05, 3.63) is 45.8 Å². The van der Waals surface area contributed by atoms with Crippen LogP contribution in [0.2, 0.25) is 5.02 Å². The van der Waals surface area contributed by atoms with Crippen LogP contribution in [-0.4, -0.2) is 10.4 Å². The Hall–Kier alpha value is -1.81. The van der Waals surface area contributed by atoms with Gasteiger partial charge < -0.3 is 10.3 Å². The molecule has 0 saturated carbocycles. The quantitative estimate of drug-likeness (QED) is 0.645. The van der Waals surface area contributed by atoms with Crippen LogP contribution >= 0.6 is 11.6 Å². The predicted molar refractivity (Wildman–Crippen MR) is 69.7 cm³/mol. The van der Waals surface area contributed by atoms with E-state index in [1.807, 2.05) is 12.1 Å². The lowest BCUT2D eigenvalue weighted by molar-refractivity contribution is 0.697. The van der Waals surface area contributed by atoms with Crippen molar-refractivity contribution in [2.45, 2.75) is 13.0 Å². The van der Waals surface area contributed by atoms with Crippen molar-refractivity contribution in [2.24, 2.45) is 5.73 Å². The van der Waals surface area contributed by atoms with Gasteiger partial charge in [0.1, 0.15) is 0 Å². The fraction of sp³-hybridized carbons (Fsp3) is 0.167. The molecule has 3 N–H and O–H groups in total. The molecule has 0 unspecified atom stereocenters. The fourth-order valence-corrected chi connectivity index (χ4v) is 1.84. The molecule has 17 heavy (non-hydrogen) atoms. The largest absolute Gasteiger partial charge is 0.388 e. The van der Waals surface area contributed by atoms with Gasteiger partial charge in [0, 0.05) is 29.6 Å². The van der Waals surface area contributed by atoms with E-state index in [-0.39, 0.29) is 11.4 Å². The highest BCUT2D eigenvalue weighted by atomic mass is 35.5. The molecular weight excluding hydrogens is 238 g/mol. The average Bonchev–Trinajstić information content (AvgIpc) is 2.29. The van der Waals surface area contributed by atoms with E-state index in [1.54, 1.807) is 22.9 Å². The number of nitrogens with two attached hydrogens (primary N) is 1. The van der Waals surface area contributed by atoms with Gasteiger partial charge in [-0.15, -0.1) is 0 Å². The fourth-order valence-electron chi connectivity index (χ4n) is 1.67. The van der Waals surface area contributed by atoms with Crippen LogP contribution in [0, 0.1) is 5.41 Å². The summed E-state index contributed by atoms with van der Waals surface area (Å²) in [5.74, 6) is 0.0723. The molecule has 2 rings (SSSR count). The molecule has 0 aliphatic carbocycles. The highest BCUT2D eigenvalue weighted by molar-refractivity contribution is 6.31. The first kappa shape index (κ1) is 11.7. The zero-order valence-corrected chi connectivity index (χ0v) is 9.87. The Balaban J connectivity index is 2.49. The van der Waals surface area contributed by atoms with Gasteiger partial charge in [0.15, 0.2) is 0 Å². The van der Waals surface area contributed by atoms with Crippen molar-refractivity contribution in [2.75, 3.05) is 0 Å². The summed E-state index contributed by atoms with van der Waals surface area (Å²) in [5.41, 5.74) is 5.17. The van der Waals surface area contributed by atoms with E-state index in [0.717, 1.165) is 5.39 Å². The monoisotopic (exact) mass is 249 g/mol. The number of aromatic nitrogens is 1. The van der Waals surface area contributed by atoms with E-state index in [9.17, 15) is 4.79 Å². The van der Waals surface area contributed by atoms with E-state index >= 15 is 0 Å². The summed E-state index contributed by atoms with van der Waals surface area (Å²) in [6.07, 6.45) is 2.08. The Morgan fingerprint density at radius 1 is 1.41 bits per heavy atom. The van der Waals surface area contributed by atoms with Crippen molar-refractivity contribution < 1.29 is 0 Å². The van der Waals surface area contributed by atoms with E-state index in [0.29, 0.717) is 23.4 Å². The molecule has 0 bridgehead atoms. The molecule has 0 aliphatic heterocycles. The summed E-state index contributed by atoms with van der Waals surface area (Å²) in [6, 6.07) is 7.08. The SMILES string of the molecule is N=C(N)CCn1ccc2ccc(Cl)cc2c1=O. The molecule has 0 radical (unpaired) electrons. The Kier molecular flexibility index (Phi) is 3.15. The molecular formula is C12H12ClN3O. The van der Waals surface area contributed by atoms with Crippen molar-refractivity contribution >= 4 is 28.2 Å². The van der Waals surface area contributed by atoms with Gasteiger partial charge in [-0.25, -0.2) is 0 Å². The van der Waals surface area contributed by atoms with Crippen LogP contribution in [0.3, 0.4) is 0 Å². The number of nitrogens with zero attached hydrogens (tertiary/aromatic N) is 1. The van der Waals surface area contributed by atoms with E-state index in [1.165, 1.54) is 0 Å². The van der Waals surface area contributed by atoms with Crippen LogP contribution in [0.5, 0.6) is 0 Å². The number of fused-ring (bicyclic) bond motifs is 1. The highest BCUT2D eigenvalue weighted by Crippen LogP contribution is 2.15. The minimum atomic E-state index is -0.105. The first-order valence-corrected chi connectivity index (χ1v) is 5.57. The molecule has 4 nitrogen and oxygen atoms in total. The number of hydrogen-bond acceptors (Lipinski definition) is 2. The van der Waals surface area contributed by atoms with Crippen LogP contribution < -0.4 is 11.3 Å². The molecule has 0 amide bonds. The summed E-state index contributed by atoms with van der Waals surface area (Å²) >= 11 is 5.87. The summed E-state index contributed by atoms with van der Waals surface area (Å²) < 4.78 is 1.54. The summed E-state index contributed by atoms with van der Waals surface area (Å²) in [4.78, 5) is 12.1. The lowest BCUT2D eigenvalue weighted by Crippen LogP contribution is -2.22. The molecule has 5 heteroatoms. The normalized spacial score (nSPS) is 10.6. The number of halogens is 1. The number of rotatable bonds is 3. The standard InChI is InChI=1S/C12H12ClN3O/c13-9-2-1-8-3-5-16(6-4-11(14)15)12(17)10(8)7-9/h1-3,5,7H,4,6H2,(H3,14,15). The summed E-state index contributed by atoms with van der Waals surface area (Å²) in [7, 11) is 0. The third-order valence-electron chi connectivity index (χ3n) is 2.56. The maximum Gasteiger partial charge on any atom is 0.258 e. The second kappa shape index (κ2) is 4.59. The van der Waals surface area contributed by atoms with Crippen LogP contribution in [0.1, 0.15) is 6.42 Å². The van der Waals surface area contributed by atoms with Gasteiger partial charge in [-0.1, -0.05) is 17.7 Å². The zero-order chi connectivity index (χ0) is 12.4. The van der Waals surface area contributed by atoms with Gasteiger partial charge in [0.05, 0.1) is 5.84 Å². The highest BCUT2D eigenvalue weighted by Gasteiger charge is 2.03. The van der Waals surface area contributed by atoms with Gasteiger partial charge in [-0.05, 0) is 23.6 Å². The second-order valence-corrected chi connectivity index (χ2v) is 4.26. The van der Waals surface area contributed by atoms with Crippen LogP contribution in [-0.2, 0) is 6.54 Å². The average molecular weight is 250 g/mol. The van der Waals surface area contributed by atoms with Crippen molar-refractivity contribution in [1.82, 2.24) is 4.57 Å². The lowest BCUT2D eigenvalue weighted by Gasteiger charge is -2.06. The van der Waals surface area contributed by atoms with Gasteiger partial charge in [-0.2, -0.15) is 0 Å². The topological polar surface area (TPSA) is 71.9 Å². The van der Waals surface area contributed by atoms with Crippen LogP contribution in [0.4, 0.5) is 0 Å². The van der Waals surface area contributed by atoms with Gasteiger partial charge in [-0.3, -0.25) is 10.2 Å². The van der Waals surface area contributed by atoms with Crippen LogP contribution in [0.25, 0.3) is 10.8 Å². The number of pyridine rings is 1. The number of hydrogen-bond donors (Lipinski definition) is 2. The zero-order valence-electron chi connectivity index (χ0n) is 9.11. The molecule has 88 valence electrons. The first-order valence-electron chi connectivity index (χ1n) is 5.19. The maximum atomic E-state index is 12.1. The number of nitrogens with one attached hydrogen (secondary N) is 1. The number of amidine groups is 1. The maximum absolute atomic E-state index is 12.1. The first-order chi connectivity index (χ1) is 8.08. The Morgan fingerprint density at radius 3 is 2.88 bits per heavy atom. The summed E-state index contributed by atoms with van der Waals surface area (Å²) in [5, 5.41) is 9.14. The van der Waals surface area contributed by atoms with E-state index in [2.05, 4.69) is 0 Å². The molecule has 1 aromatic heterocycles. The predicted octanol–water partition coefficient (Wildman–Crippen LogP) is 1.98. The second-order valence-electron chi connectivity index (χ2n) is 3.82. The summed E-state index contributed by atoms with van der Waals surface area (Å²) in [6.45, 7) is 0.413. The van der Waals surface area contributed by atoms with E-state index < -0.39 is 0 Å². The van der Waals surface area contributed by atoms with Crippen molar-refractivity contribution in [3.8, 4) is 0 Å². The third-order valence-corrected chi connectivity index (χ3v) is 2.80. The van der Waals surface area contributed by atoms with Crippen LogP contribution in [0.15, 0.2) is 35.3 Å². The minimum Gasteiger partial charge on any atom is -0.388 e. The number of benzene rings is 1. The number of aryl methyl sites for hydroxylation is 1. The smallest absolute Gasteiger partial charge is 0.258 e. The molecule has 0 saturated heterocycles. The Bertz CT molecular complexity index is 633. The van der Waals surface area contributed by atoms with Gasteiger partial charge in [0.2, 0.25) is 0 Å². The van der Waals surface area contributed by atoms with E-state index in [4.69, 9.17) is 22.7 Å². The lowest BCUT2D eigenvalue weighted by atomic mass is 10.2. The van der Waals surface area contributed by atoms with Crippen molar-refractivity contribution in [1.29, 1.82) is 5.41 Å². The minimum absolute atomic E-state index is 0.0723. The Labute approximate surface area is 103 Å². The Morgan fingerprint density at radius 2 is 2.18 bits per heavy atom. The molecule has 0 spiro atoms. The third kappa shape index (κ3) is 2.47. The molecule has 2 aromatic rings. The molecule has 0 fully saturated rings. The molecule has 1 heterocycles. The van der Waals surface area contributed by atoms with Gasteiger partial charge >= 0.3 is 0 Å². The van der Waals surface area contributed by atoms with Gasteiger partial charge in [0.25, 0.3) is 5.56 Å². The molecule has 1 aromatic carbocycles. The molecule has 0 aliphatic rings. The van der Waals surface area contributed by atoms with Crippen molar-refractivity contribution in [3.63, 3.8) is 0 Å². The molecule has 0 atom stereocenters.